The monoisotopic (exact) mass is 1640 g/mol. The highest BCUT2D eigenvalue weighted by atomic mass is 16.6. The number of likely N-dealkylation sites (tertiary alicyclic amines) is 4. The highest BCUT2D eigenvalue weighted by Gasteiger charge is 2.43. The summed E-state index contributed by atoms with van der Waals surface area (Å²) in [5.41, 5.74) is 13.8. The Hall–Kier alpha value is -12.4. The Bertz CT molecular complexity index is 5010. The molecule has 4 saturated heterocycles. The van der Waals surface area contributed by atoms with Gasteiger partial charge in [-0.15, -0.1) is 0 Å². The van der Waals surface area contributed by atoms with Crippen molar-refractivity contribution in [3.63, 3.8) is 0 Å². The van der Waals surface area contributed by atoms with E-state index in [4.69, 9.17) is 38.9 Å². The predicted octanol–water partition coefficient (Wildman–Crippen LogP) is 12.7. The van der Waals surface area contributed by atoms with Crippen LogP contribution in [0, 0.1) is 23.7 Å². The van der Waals surface area contributed by atoms with Crippen LogP contribution in [0.15, 0.2) is 97.6 Å². The number of imidazole rings is 4. The Morgan fingerprint density at radius 1 is 0.342 bits per heavy atom. The molecule has 0 bridgehead atoms. The molecule has 32 heteroatoms. The highest BCUT2D eigenvalue weighted by molar-refractivity contribution is 6.03. The van der Waals surface area contributed by atoms with Crippen LogP contribution in [0.3, 0.4) is 0 Å². The third kappa shape index (κ3) is 18.0. The van der Waals surface area contributed by atoms with E-state index in [1.165, 1.54) is 28.4 Å². The number of carbonyl (C=O) groups excluding carboxylic acids is 10. The zero-order valence-electron chi connectivity index (χ0n) is 70.7. The van der Waals surface area contributed by atoms with Crippen molar-refractivity contribution in [3.05, 3.63) is 143 Å². The third-order valence-corrected chi connectivity index (χ3v) is 23.9. The number of anilines is 4. The van der Waals surface area contributed by atoms with Crippen LogP contribution < -0.4 is 31.1 Å². The van der Waals surface area contributed by atoms with Gasteiger partial charge >= 0.3 is 24.4 Å². The molecule has 120 heavy (non-hydrogen) atoms. The molecule has 8 atom stereocenters. The maximum Gasteiger partial charge on any atom is 0.407 e. The van der Waals surface area contributed by atoms with Gasteiger partial charge in [-0.05, 0) is 159 Å². The quantitative estimate of drug-likeness (QED) is 0.0329. The molecule has 0 spiro atoms. The maximum absolute atomic E-state index is 13.7. The van der Waals surface area contributed by atoms with E-state index in [0.29, 0.717) is 62.3 Å². The van der Waals surface area contributed by atoms with Crippen LogP contribution in [0.2, 0.25) is 0 Å². The first-order valence-electron chi connectivity index (χ1n) is 41.5. The number of methoxy groups -OCH3 is 4. The predicted molar refractivity (Wildman–Crippen MR) is 448 cm³/mol. The van der Waals surface area contributed by atoms with Gasteiger partial charge in [0.15, 0.2) is 0 Å². The van der Waals surface area contributed by atoms with E-state index in [2.05, 4.69) is 65.5 Å². The molecule has 636 valence electrons. The lowest BCUT2D eigenvalue weighted by Gasteiger charge is -2.30. The van der Waals surface area contributed by atoms with Crippen LogP contribution in [0.5, 0.6) is 0 Å². The van der Waals surface area contributed by atoms with Gasteiger partial charge in [-0.3, -0.25) is 38.6 Å². The van der Waals surface area contributed by atoms with Gasteiger partial charge in [0.2, 0.25) is 35.4 Å². The van der Waals surface area contributed by atoms with Crippen molar-refractivity contribution in [3.8, 4) is 45.0 Å². The lowest BCUT2D eigenvalue weighted by molar-refractivity contribution is -0.136. The SMILES string of the molecule is COC(=O)N[C@H](C(=O)N1CCC[C@H]1c1ncc(-c2ccc3c(c2)CCc2ccc(-c4cnc([C@@H]5CCCN5C(=O)[C@@H](NC(=O)OC)C(C)C)[nH]4)cc2N3C(C)=O)[nH]1)C(C)C.COC(=O)N[C@H](C(=O)N1CCC[C@H]1c1ncc(-c2ccc3c(c2)N(C(C)=O)c2cc(-c4cnc([C@@H]5CCCN5C(=O)[C@@H](NC(=O)OC)C(C)C)[nH]4)ccc2CC3)[nH]1)C(C)C. The van der Waals surface area contributed by atoms with Crippen molar-refractivity contribution in [1.29, 1.82) is 0 Å². The average molecular weight is 1640 g/mol. The normalized spacial score (nSPS) is 18.4. The molecule has 0 radical (unpaired) electrons. The summed E-state index contributed by atoms with van der Waals surface area (Å²) in [6.07, 6.45) is 13.5. The van der Waals surface area contributed by atoms with Crippen LogP contribution >= 0.6 is 0 Å². The van der Waals surface area contributed by atoms with Gasteiger partial charge < -0.3 is 79.8 Å². The van der Waals surface area contributed by atoms with Crippen molar-refractivity contribution in [2.45, 2.75) is 195 Å². The van der Waals surface area contributed by atoms with Crippen molar-refractivity contribution >= 4 is 82.6 Å². The van der Waals surface area contributed by atoms with Crippen LogP contribution in [0.25, 0.3) is 45.0 Å². The summed E-state index contributed by atoms with van der Waals surface area (Å²) in [6, 6.07) is 20.3. The van der Waals surface area contributed by atoms with E-state index in [1.807, 2.05) is 104 Å². The van der Waals surface area contributed by atoms with Crippen molar-refractivity contribution in [2.75, 3.05) is 64.4 Å². The Morgan fingerprint density at radius 3 is 0.833 bits per heavy atom. The third-order valence-electron chi connectivity index (χ3n) is 23.9. The van der Waals surface area contributed by atoms with E-state index < -0.39 is 48.5 Å². The standard InChI is InChI=1S/2C44H55N9O7/c1-24(2)37(49-43(57)59-6)41(55)51-18-8-10-34(51)39-45-22-31(47-39)28-16-17-33-30(20-28)15-13-27-12-14-29(21-36(27)53(33)26(5)54)32-23-46-40(48-32)35-11-9-19-52(35)42(56)38(25(3)4)50-44(58)60-7;1-24(2)37(49-43(57)59-6)41(55)51-18-8-10-33(51)39-45-22-31(47-39)29-16-14-27-12-13-28-15-17-30(21-36(28)53(26(5)54)35(27)20-29)32-23-46-40(48-32)34-11-9-19-52(34)42(56)38(25(3)4)50-44(58)60-7/h12,14,16-17,20-25,34-35,37-38H,8-11,13,15,18-19H2,1-7H3,(H,45,47)(H,46,48)(H,49,57)(H,50,58);14-17,20-25,33-34,37-38H,8-13,18-19H2,1-7H3,(H,45,47)(H,46,48)(H,49,57)(H,50,58)/t34-,35-,37-,38-;33-,34-,37-,38-/m00/s1. The molecule has 32 nitrogen and oxygen atoms in total. The molecule has 0 aliphatic carbocycles. The number of aromatic nitrogens is 8. The second-order valence-electron chi connectivity index (χ2n) is 33.0. The zero-order chi connectivity index (χ0) is 85.7. The first-order chi connectivity index (χ1) is 57.6. The topological polar surface area (TPSA) is 390 Å². The summed E-state index contributed by atoms with van der Waals surface area (Å²) in [5, 5.41) is 10.8. The molecule has 10 amide bonds. The number of carbonyl (C=O) groups is 10. The van der Waals surface area contributed by atoms with Gasteiger partial charge in [0.1, 0.15) is 47.5 Å². The average Bonchev–Trinajstić information content (AvgIpc) is 1.61. The number of hydrogen-bond acceptors (Lipinski definition) is 18. The number of benzene rings is 4. The molecule has 0 unspecified atom stereocenters. The Kier molecular flexibility index (Phi) is 26.3. The van der Waals surface area contributed by atoms with Crippen LogP contribution in [-0.4, -0.2) is 198 Å². The number of nitrogens with zero attached hydrogens (tertiary/aromatic N) is 10. The number of H-pyrrole nitrogens is 4. The van der Waals surface area contributed by atoms with E-state index >= 15 is 0 Å². The first kappa shape index (κ1) is 85.5. The van der Waals surface area contributed by atoms with E-state index in [0.717, 1.165) is 154 Å². The van der Waals surface area contributed by atoms with Crippen LogP contribution in [0.1, 0.15) is 190 Å². The molecule has 4 aromatic heterocycles. The minimum absolute atomic E-state index is 0.119. The summed E-state index contributed by atoms with van der Waals surface area (Å²) < 4.78 is 19.1. The summed E-state index contributed by atoms with van der Waals surface area (Å²) in [5.74, 6) is 1.15. The summed E-state index contributed by atoms with van der Waals surface area (Å²) >= 11 is 0. The summed E-state index contributed by atoms with van der Waals surface area (Å²) in [6.45, 7) is 20.4. The Balaban J connectivity index is 0.000000207. The Morgan fingerprint density at radius 2 is 0.583 bits per heavy atom. The molecule has 10 heterocycles. The molecule has 0 saturated carbocycles. The number of hydrogen-bond donors (Lipinski definition) is 8. The fourth-order valence-electron chi connectivity index (χ4n) is 17.5. The zero-order valence-corrected chi connectivity index (χ0v) is 70.7. The number of aryl methyl sites for hydroxylation is 4. The van der Waals surface area contributed by atoms with Crippen molar-refractivity contribution < 1.29 is 66.9 Å². The summed E-state index contributed by atoms with van der Waals surface area (Å²) in [4.78, 5) is 174. The van der Waals surface area contributed by atoms with Gasteiger partial charge in [-0.1, -0.05) is 97.9 Å². The van der Waals surface area contributed by atoms with E-state index in [1.54, 1.807) is 68.0 Å². The fraction of sp³-hybridized carbons (Fsp3) is 0.477. The first-order valence-corrected chi connectivity index (χ1v) is 41.5. The molecule has 6 aliphatic heterocycles. The van der Waals surface area contributed by atoms with E-state index in [9.17, 15) is 47.9 Å². The molecule has 4 aromatic carbocycles. The van der Waals surface area contributed by atoms with Gasteiger partial charge in [0.25, 0.3) is 0 Å². The number of alkyl carbamates (subject to hydrolysis) is 4. The van der Waals surface area contributed by atoms with E-state index in [-0.39, 0.29) is 83.3 Å². The van der Waals surface area contributed by atoms with Crippen molar-refractivity contribution in [2.24, 2.45) is 23.7 Å². The minimum Gasteiger partial charge on any atom is -0.453 e. The molecular weight excluding hydrogens is 1530 g/mol. The van der Waals surface area contributed by atoms with Gasteiger partial charge in [0.05, 0.1) is 123 Å². The smallest absolute Gasteiger partial charge is 0.407 e. The van der Waals surface area contributed by atoms with Crippen LogP contribution in [0.4, 0.5) is 41.9 Å². The second kappa shape index (κ2) is 36.9. The van der Waals surface area contributed by atoms with Crippen molar-refractivity contribution in [1.82, 2.24) is 80.7 Å². The Labute approximate surface area is 697 Å². The lowest BCUT2D eigenvalue weighted by atomic mass is 10.0. The second-order valence-corrected chi connectivity index (χ2v) is 33.0. The van der Waals surface area contributed by atoms with Crippen LogP contribution in [-0.2, 0) is 73.4 Å². The lowest BCUT2D eigenvalue weighted by Crippen LogP contribution is -2.51. The largest absolute Gasteiger partial charge is 0.453 e. The molecule has 14 rings (SSSR count). The molecular formula is C88H110N18O14. The molecule has 8 aromatic rings. The number of rotatable bonds is 20. The fourth-order valence-corrected chi connectivity index (χ4v) is 17.5. The number of aromatic amines is 4. The number of nitrogens with one attached hydrogen (secondary N) is 8. The van der Waals surface area contributed by atoms with Gasteiger partial charge in [-0.25, -0.2) is 39.1 Å². The minimum atomic E-state index is -0.734. The molecule has 4 fully saturated rings. The molecule has 8 N–H and O–H groups in total. The summed E-state index contributed by atoms with van der Waals surface area (Å²) in [7, 11) is 5.12. The highest BCUT2D eigenvalue weighted by Crippen LogP contribution is 2.45. The maximum atomic E-state index is 13.7. The number of fused-ring (bicyclic) bond motifs is 4. The number of ether oxygens (including phenoxy) is 4. The van der Waals surface area contributed by atoms with Gasteiger partial charge in [-0.2, -0.15) is 0 Å². The molecule has 6 aliphatic rings. The van der Waals surface area contributed by atoms with Gasteiger partial charge in [0, 0.05) is 56.7 Å². The number of amides is 10.